The van der Waals surface area contributed by atoms with Crippen LogP contribution in [0.1, 0.15) is 27.7 Å². The van der Waals surface area contributed by atoms with Crippen molar-refractivity contribution in [2.75, 3.05) is 78.6 Å². The minimum atomic E-state index is 0.354. The molecule has 2 aliphatic rings. The van der Waals surface area contributed by atoms with Gasteiger partial charge in [0.25, 0.3) is 0 Å². The second kappa shape index (κ2) is 9.94. The first kappa shape index (κ1) is 19.1. The summed E-state index contributed by atoms with van der Waals surface area (Å²) in [5, 5.41) is 0. The van der Waals surface area contributed by atoms with E-state index < -0.39 is 0 Å². The van der Waals surface area contributed by atoms with Crippen molar-refractivity contribution in [1.82, 2.24) is 19.6 Å². The summed E-state index contributed by atoms with van der Waals surface area (Å²) in [6.45, 7) is 23.0. The molecule has 2 fully saturated rings. The summed E-state index contributed by atoms with van der Waals surface area (Å²) in [5.41, 5.74) is 0. The molecule has 136 valence electrons. The minimum Gasteiger partial charge on any atom is -0.377 e. The molecule has 0 saturated carbocycles. The Hall–Kier alpha value is -0.200. The van der Waals surface area contributed by atoms with E-state index in [1.54, 1.807) is 0 Å². The molecular weight excluding hydrogens is 288 g/mol. The van der Waals surface area contributed by atoms with Gasteiger partial charge in [0.1, 0.15) is 0 Å². The van der Waals surface area contributed by atoms with Crippen LogP contribution >= 0.6 is 0 Å². The van der Waals surface area contributed by atoms with Crippen LogP contribution in [0.15, 0.2) is 0 Å². The van der Waals surface area contributed by atoms with Crippen molar-refractivity contribution in [3.63, 3.8) is 0 Å². The lowest BCUT2D eigenvalue weighted by Crippen LogP contribution is -2.52. The zero-order chi connectivity index (χ0) is 16.7. The lowest BCUT2D eigenvalue weighted by molar-refractivity contribution is 0.0414. The summed E-state index contributed by atoms with van der Waals surface area (Å²) in [5.74, 6) is 0. The van der Waals surface area contributed by atoms with E-state index in [9.17, 15) is 0 Å². The van der Waals surface area contributed by atoms with Crippen molar-refractivity contribution in [2.24, 2.45) is 0 Å². The number of hydrogen-bond donors (Lipinski definition) is 0. The van der Waals surface area contributed by atoms with Crippen LogP contribution in [0.25, 0.3) is 0 Å². The van der Waals surface area contributed by atoms with E-state index in [-0.39, 0.29) is 0 Å². The Morgan fingerprint density at radius 2 is 1.09 bits per heavy atom. The molecule has 0 unspecified atom stereocenters. The van der Waals surface area contributed by atoms with Crippen LogP contribution in [0.2, 0.25) is 0 Å². The maximum Gasteiger partial charge on any atom is 0.0596 e. The van der Waals surface area contributed by atoms with E-state index in [1.807, 2.05) is 0 Å². The number of nitrogens with zero attached hydrogens (tertiary/aromatic N) is 4. The maximum atomic E-state index is 5.66. The summed E-state index contributed by atoms with van der Waals surface area (Å²) in [7, 11) is 0. The van der Waals surface area contributed by atoms with Crippen molar-refractivity contribution in [3.8, 4) is 0 Å². The monoisotopic (exact) mass is 326 g/mol. The van der Waals surface area contributed by atoms with Gasteiger partial charge in [-0.1, -0.05) is 0 Å². The van der Waals surface area contributed by atoms with E-state index in [2.05, 4.69) is 47.3 Å². The van der Waals surface area contributed by atoms with E-state index in [0.717, 1.165) is 13.2 Å². The van der Waals surface area contributed by atoms with Gasteiger partial charge >= 0.3 is 0 Å². The molecule has 5 heteroatoms. The Kier molecular flexibility index (Phi) is 8.27. The van der Waals surface area contributed by atoms with Gasteiger partial charge in [0.2, 0.25) is 0 Å². The van der Waals surface area contributed by atoms with E-state index in [1.165, 1.54) is 65.4 Å². The molecule has 0 spiro atoms. The van der Waals surface area contributed by atoms with Crippen LogP contribution < -0.4 is 0 Å². The fourth-order valence-electron chi connectivity index (χ4n) is 3.44. The molecule has 5 nitrogen and oxygen atoms in total. The zero-order valence-electron chi connectivity index (χ0n) is 15.8. The van der Waals surface area contributed by atoms with Crippen LogP contribution in [-0.2, 0) is 4.74 Å². The van der Waals surface area contributed by atoms with Gasteiger partial charge in [0.15, 0.2) is 0 Å². The molecule has 0 radical (unpaired) electrons. The van der Waals surface area contributed by atoms with Gasteiger partial charge < -0.3 is 4.74 Å². The predicted molar refractivity (Wildman–Crippen MR) is 97.1 cm³/mol. The molecule has 0 aromatic carbocycles. The van der Waals surface area contributed by atoms with E-state index >= 15 is 0 Å². The highest BCUT2D eigenvalue weighted by molar-refractivity contribution is 4.77. The van der Waals surface area contributed by atoms with Gasteiger partial charge in [0, 0.05) is 78.0 Å². The van der Waals surface area contributed by atoms with Gasteiger partial charge in [-0.2, -0.15) is 0 Å². The molecule has 2 rings (SSSR count). The highest BCUT2D eigenvalue weighted by Gasteiger charge is 2.20. The van der Waals surface area contributed by atoms with Crippen LogP contribution in [0.4, 0.5) is 0 Å². The molecule has 0 aliphatic carbocycles. The fraction of sp³-hybridized carbons (Fsp3) is 1.00. The zero-order valence-corrected chi connectivity index (χ0v) is 15.8. The summed E-state index contributed by atoms with van der Waals surface area (Å²) in [4.78, 5) is 10.4. The van der Waals surface area contributed by atoms with Gasteiger partial charge in [-0.05, 0) is 27.7 Å². The molecule has 0 atom stereocenters. The Balaban J connectivity index is 1.53. The average molecular weight is 327 g/mol. The number of ether oxygens (including phenoxy) is 1. The van der Waals surface area contributed by atoms with Crippen molar-refractivity contribution in [1.29, 1.82) is 0 Å². The van der Waals surface area contributed by atoms with Gasteiger partial charge in [-0.3, -0.25) is 19.6 Å². The van der Waals surface area contributed by atoms with Crippen molar-refractivity contribution >= 4 is 0 Å². The third kappa shape index (κ3) is 7.06. The highest BCUT2D eigenvalue weighted by atomic mass is 16.5. The van der Waals surface area contributed by atoms with Crippen molar-refractivity contribution in [3.05, 3.63) is 0 Å². The Labute approximate surface area is 143 Å². The standard InChI is InChI=1S/C18H38N4O/c1-17(2)22-13-11-20(12-14-22)6-5-19-7-9-21(10-8-19)15-16-23-18(3)4/h17-18H,5-16H2,1-4H3. The third-order valence-electron chi connectivity index (χ3n) is 5.19. The molecule has 0 N–H and O–H groups in total. The SMILES string of the molecule is CC(C)OCCN1CCN(CCN2CCN(C(C)C)CC2)CC1. The normalized spacial score (nSPS) is 23.2. The Morgan fingerprint density at radius 1 is 0.652 bits per heavy atom. The van der Waals surface area contributed by atoms with Crippen molar-refractivity contribution in [2.45, 2.75) is 39.8 Å². The molecule has 2 aliphatic heterocycles. The van der Waals surface area contributed by atoms with E-state index in [0.29, 0.717) is 12.1 Å². The van der Waals surface area contributed by atoms with E-state index in [4.69, 9.17) is 4.74 Å². The topological polar surface area (TPSA) is 22.2 Å². The number of rotatable bonds is 8. The molecule has 0 aromatic rings. The number of hydrogen-bond acceptors (Lipinski definition) is 5. The summed E-state index contributed by atoms with van der Waals surface area (Å²) < 4.78 is 5.66. The first-order valence-electron chi connectivity index (χ1n) is 9.57. The van der Waals surface area contributed by atoms with Crippen LogP contribution in [0, 0.1) is 0 Å². The van der Waals surface area contributed by atoms with Crippen LogP contribution in [-0.4, -0.2) is 110 Å². The molecular formula is C18H38N4O. The third-order valence-corrected chi connectivity index (χ3v) is 5.19. The minimum absolute atomic E-state index is 0.354. The molecule has 2 heterocycles. The fourth-order valence-corrected chi connectivity index (χ4v) is 3.44. The molecule has 2 saturated heterocycles. The average Bonchev–Trinajstić information content (AvgIpc) is 2.54. The first-order chi connectivity index (χ1) is 11.0. The maximum absolute atomic E-state index is 5.66. The molecule has 0 amide bonds. The molecule has 0 aromatic heterocycles. The second-order valence-electron chi connectivity index (χ2n) is 7.57. The van der Waals surface area contributed by atoms with Gasteiger partial charge in [-0.25, -0.2) is 0 Å². The molecule has 23 heavy (non-hydrogen) atoms. The quantitative estimate of drug-likeness (QED) is 0.663. The molecule has 0 bridgehead atoms. The smallest absolute Gasteiger partial charge is 0.0596 e. The van der Waals surface area contributed by atoms with Crippen molar-refractivity contribution < 1.29 is 4.74 Å². The highest BCUT2D eigenvalue weighted by Crippen LogP contribution is 2.07. The second-order valence-corrected chi connectivity index (χ2v) is 7.57. The Bertz CT molecular complexity index is 308. The van der Waals surface area contributed by atoms with Crippen LogP contribution in [0.3, 0.4) is 0 Å². The summed E-state index contributed by atoms with van der Waals surface area (Å²) >= 11 is 0. The first-order valence-corrected chi connectivity index (χ1v) is 9.57. The summed E-state index contributed by atoms with van der Waals surface area (Å²) in [6.07, 6.45) is 0.354. The van der Waals surface area contributed by atoms with Gasteiger partial charge in [0.05, 0.1) is 12.7 Å². The largest absolute Gasteiger partial charge is 0.377 e. The lowest BCUT2D eigenvalue weighted by Gasteiger charge is -2.39. The summed E-state index contributed by atoms with van der Waals surface area (Å²) in [6, 6.07) is 0.699. The number of piperazine rings is 2. The van der Waals surface area contributed by atoms with Gasteiger partial charge in [-0.15, -0.1) is 0 Å². The Morgan fingerprint density at radius 3 is 1.52 bits per heavy atom. The predicted octanol–water partition coefficient (Wildman–Crippen LogP) is 1.06. The lowest BCUT2D eigenvalue weighted by atomic mass is 10.2. The van der Waals surface area contributed by atoms with Crippen LogP contribution in [0.5, 0.6) is 0 Å².